The summed E-state index contributed by atoms with van der Waals surface area (Å²) in [5.74, 6) is 0.664. The van der Waals surface area contributed by atoms with Crippen LogP contribution in [-0.4, -0.2) is 29.8 Å². The molecule has 1 aromatic heterocycles. The first-order chi connectivity index (χ1) is 8.19. The second-order valence-corrected chi connectivity index (χ2v) is 4.03. The van der Waals surface area contributed by atoms with Crippen molar-refractivity contribution in [1.82, 2.24) is 10.2 Å². The molecule has 0 fully saturated rings. The van der Waals surface area contributed by atoms with Crippen molar-refractivity contribution in [3.63, 3.8) is 0 Å². The smallest absolute Gasteiger partial charge is 0.225 e. The van der Waals surface area contributed by atoms with Gasteiger partial charge >= 0.3 is 0 Å². The fourth-order valence-corrected chi connectivity index (χ4v) is 1.63. The van der Waals surface area contributed by atoms with Gasteiger partial charge in [0.15, 0.2) is 5.82 Å². The van der Waals surface area contributed by atoms with Gasteiger partial charge in [-0.15, -0.1) is 0 Å². The number of methoxy groups -OCH3 is 1. The van der Waals surface area contributed by atoms with E-state index in [1.807, 2.05) is 6.92 Å². The first-order valence-electron chi connectivity index (χ1n) is 6.01. The van der Waals surface area contributed by atoms with E-state index in [2.05, 4.69) is 22.4 Å². The van der Waals surface area contributed by atoms with Crippen LogP contribution in [0.25, 0.3) is 0 Å². The Labute approximate surface area is 102 Å². The van der Waals surface area contributed by atoms with Gasteiger partial charge in [-0.25, -0.2) is 0 Å². The van der Waals surface area contributed by atoms with Crippen molar-refractivity contribution >= 4 is 11.7 Å². The highest BCUT2D eigenvalue weighted by Gasteiger charge is 2.10. The third kappa shape index (κ3) is 4.19. The summed E-state index contributed by atoms with van der Waals surface area (Å²) in [6, 6.07) is 0. The molecule has 0 aromatic carbocycles. The molecule has 1 amide bonds. The lowest BCUT2D eigenvalue weighted by Crippen LogP contribution is -2.12. The van der Waals surface area contributed by atoms with Crippen LogP contribution < -0.4 is 5.32 Å². The number of nitrogens with one attached hydrogen (secondary N) is 2. The molecule has 0 aliphatic rings. The summed E-state index contributed by atoms with van der Waals surface area (Å²) in [5, 5.41) is 9.83. The number of carbonyl (C=O) groups is 1. The van der Waals surface area contributed by atoms with Crippen LogP contribution in [0.2, 0.25) is 0 Å². The average molecular weight is 239 g/mol. The van der Waals surface area contributed by atoms with Crippen molar-refractivity contribution < 1.29 is 9.53 Å². The van der Waals surface area contributed by atoms with Crippen LogP contribution >= 0.6 is 0 Å². The van der Waals surface area contributed by atoms with Crippen LogP contribution in [0.1, 0.15) is 37.4 Å². The Morgan fingerprint density at radius 1 is 1.47 bits per heavy atom. The highest BCUT2D eigenvalue weighted by molar-refractivity contribution is 5.90. The zero-order valence-electron chi connectivity index (χ0n) is 10.8. The van der Waals surface area contributed by atoms with Gasteiger partial charge in [0.2, 0.25) is 5.91 Å². The first kappa shape index (κ1) is 13.7. The van der Waals surface area contributed by atoms with Crippen molar-refractivity contribution in [1.29, 1.82) is 0 Å². The number of unbranched alkanes of at least 4 members (excludes halogenated alkanes) is 1. The van der Waals surface area contributed by atoms with Gasteiger partial charge in [-0.2, -0.15) is 5.10 Å². The fraction of sp³-hybridized carbons (Fsp3) is 0.667. The maximum atomic E-state index is 11.6. The van der Waals surface area contributed by atoms with Gasteiger partial charge in [-0.3, -0.25) is 9.89 Å². The average Bonchev–Trinajstić information content (AvgIpc) is 2.66. The summed E-state index contributed by atoms with van der Waals surface area (Å²) in [7, 11) is 1.67. The van der Waals surface area contributed by atoms with Gasteiger partial charge < -0.3 is 10.1 Å². The van der Waals surface area contributed by atoms with Crippen molar-refractivity contribution in [2.24, 2.45) is 0 Å². The molecule has 0 unspecified atom stereocenters. The lowest BCUT2D eigenvalue weighted by atomic mass is 10.2. The SMILES string of the molecule is CCc1[nH]nc(NC(=O)CCCCOC)c1C. The topological polar surface area (TPSA) is 67.0 Å². The van der Waals surface area contributed by atoms with Gasteiger partial charge in [0, 0.05) is 31.4 Å². The number of hydrogen-bond acceptors (Lipinski definition) is 3. The van der Waals surface area contributed by atoms with E-state index in [1.165, 1.54) is 0 Å². The Bertz CT molecular complexity index is 361. The standard InChI is InChI=1S/C12H21N3O2/c1-4-10-9(2)12(15-14-10)13-11(16)7-5-6-8-17-3/h4-8H2,1-3H3,(H2,13,14,15,16). The summed E-state index contributed by atoms with van der Waals surface area (Å²) in [6.45, 7) is 4.72. The molecule has 5 nitrogen and oxygen atoms in total. The minimum absolute atomic E-state index is 0.0124. The van der Waals surface area contributed by atoms with E-state index in [9.17, 15) is 4.79 Å². The molecule has 0 aliphatic heterocycles. The number of aromatic amines is 1. The van der Waals surface area contributed by atoms with Crippen molar-refractivity contribution in [3.05, 3.63) is 11.3 Å². The molecule has 0 atom stereocenters. The van der Waals surface area contributed by atoms with E-state index in [1.54, 1.807) is 7.11 Å². The molecule has 1 heterocycles. The van der Waals surface area contributed by atoms with Crippen LogP contribution in [0.3, 0.4) is 0 Å². The summed E-state index contributed by atoms with van der Waals surface area (Å²) < 4.78 is 4.93. The summed E-state index contributed by atoms with van der Waals surface area (Å²) in [4.78, 5) is 11.6. The Morgan fingerprint density at radius 3 is 2.82 bits per heavy atom. The number of H-pyrrole nitrogens is 1. The first-order valence-corrected chi connectivity index (χ1v) is 6.01. The molecule has 0 aliphatic carbocycles. The molecule has 17 heavy (non-hydrogen) atoms. The van der Waals surface area contributed by atoms with Crippen LogP contribution in [-0.2, 0) is 16.0 Å². The molecule has 96 valence electrons. The van der Waals surface area contributed by atoms with Crippen LogP contribution in [0.15, 0.2) is 0 Å². The zero-order chi connectivity index (χ0) is 12.7. The van der Waals surface area contributed by atoms with Gasteiger partial charge in [0.05, 0.1) is 0 Å². The van der Waals surface area contributed by atoms with E-state index in [0.29, 0.717) is 18.8 Å². The summed E-state index contributed by atoms with van der Waals surface area (Å²) in [6.07, 6.45) is 3.15. The normalized spacial score (nSPS) is 10.5. The minimum atomic E-state index is 0.0124. The van der Waals surface area contributed by atoms with E-state index in [0.717, 1.165) is 30.5 Å². The van der Waals surface area contributed by atoms with Gasteiger partial charge in [0.25, 0.3) is 0 Å². The molecule has 5 heteroatoms. The van der Waals surface area contributed by atoms with Crippen molar-refractivity contribution in [3.8, 4) is 0 Å². The number of hydrogen-bond donors (Lipinski definition) is 2. The molecule has 2 N–H and O–H groups in total. The Balaban J connectivity index is 2.37. The Morgan fingerprint density at radius 2 is 2.24 bits per heavy atom. The predicted molar refractivity (Wildman–Crippen MR) is 67.1 cm³/mol. The number of rotatable bonds is 7. The van der Waals surface area contributed by atoms with Crippen LogP contribution in [0, 0.1) is 6.92 Å². The molecule has 0 bridgehead atoms. The summed E-state index contributed by atoms with van der Waals surface area (Å²) in [5.41, 5.74) is 2.09. The van der Waals surface area contributed by atoms with E-state index in [4.69, 9.17) is 4.74 Å². The largest absolute Gasteiger partial charge is 0.385 e. The fourth-order valence-electron chi connectivity index (χ4n) is 1.63. The highest BCUT2D eigenvalue weighted by Crippen LogP contribution is 2.15. The van der Waals surface area contributed by atoms with E-state index in [-0.39, 0.29) is 5.91 Å². The molecule has 1 rings (SSSR count). The third-order valence-electron chi connectivity index (χ3n) is 2.72. The molecule has 0 saturated carbocycles. The van der Waals surface area contributed by atoms with Crippen molar-refractivity contribution in [2.45, 2.75) is 39.5 Å². The number of anilines is 1. The number of aromatic nitrogens is 2. The monoisotopic (exact) mass is 239 g/mol. The third-order valence-corrected chi connectivity index (χ3v) is 2.72. The highest BCUT2D eigenvalue weighted by atomic mass is 16.5. The maximum Gasteiger partial charge on any atom is 0.225 e. The zero-order valence-corrected chi connectivity index (χ0v) is 10.8. The lowest BCUT2D eigenvalue weighted by molar-refractivity contribution is -0.116. The van der Waals surface area contributed by atoms with Gasteiger partial charge in [0.1, 0.15) is 0 Å². The molecule has 1 aromatic rings. The second kappa shape index (κ2) is 7.06. The Hall–Kier alpha value is -1.36. The molecule has 0 spiro atoms. The Kier molecular flexibility index (Phi) is 5.69. The quantitative estimate of drug-likeness (QED) is 0.715. The van der Waals surface area contributed by atoms with E-state index >= 15 is 0 Å². The van der Waals surface area contributed by atoms with Gasteiger partial charge in [-0.1, -0.05) is 6.92 Å². The van der Waals surface area contributed by atoms with Gasteiger partial charge in [-0.05, 0) is 26.2 Å². The lowest BCUT2D eigenvalue weighted by Gasteiger charge is -2.03. The number of nitrogens with zero attached hydrogens (tertiary/aromatic N) is 1. The molecule has 0 radical (unpaired) electrons. The molecular formula is C12H21N3O2. The number of amides is 1. The number of ether oxygens (including phenoxy) is 1. The van der Waals surface area contributed by atoms with Crippen LogP contribution in [0.5, 0.6) is 0 Å². The second-order valence-electron chi connectivity index (χ2n) is 4.03. The summed E-state index contributed by atoms with van der Waals surface area (Å²) >= 11 is 0. The molecule has 0 saturated heterocycles. The number of carbonyl (C=O) groups excluding carboxylic acids is 1. The van der Waals surface area contributed by atoms with Crippen LogP contribution in [0.4, 0.5) is 5.82 Å². The number of aryl methyl sites for hydroxylation is 1. The maximum absolute atomic E-state index is 11.6. The minimum Gasteiger partial charge on any atom is -0.385 e. The van der Waals surface area contributed by atoms with E-state index < -0.39 is 0 Å². The predicted octanol–water partition coefficient (Wildman–Crippen LogP) is 2.04. The van der Waals surface area contributed by atoms with Crippen molar-refractivity contribution in [2.75, 3.05) is 19.0 Å². The molecular weight excluding hydrogens is 218 g/mol.